The van der Waals surface area contributed by atoms with Crippen molar-refractivity contribution in [2.75, 3.05) is 18.8 Å². The highest BCUT2D eigenvalue weighted by molar-refractivity contribution is 5.73. The largest absolute Gasteiger partial charge is 0.465 e. The minimum atomic E-state index is -0.944. The van der Waals surface area contributed by atoms with Crippen LogP contribution >= 0.6 is 0 Å². The van der Waals surface area contributed by atoms with E-state index in [9.17, 15) is 15.2 Å². The van der Waals surface area contributed by atoms with E-state index in [0.29, 0.717) is 24.3 Å². The van der Waals surface area contributed by atoms with Crippen LogP contribution in [-0.4, -0.2) is 39.0 Å². The second-order valence-corrected chi connectivity index (χ2v) is 7.55. The van der Waals surface area contributed by atoms with Crippen molar-refractivity contribution in [3.8, 4) is 17.3 Å². The van der Waals surface area contributed by atoms with Gasteiger partial charge < -0.3 is 15.7 Å². The Balaban J connectivity index is 1.61. The van der Waals surface area contributed by atoms with Gasteiger partial charge in [-0.15, -0.1) is 0 Å². The van der Waals surface area contributed by atoms with E-state index < -0.39 is 6.09 Å². The number of hydrogen-bond donors (Lipinski definition) is 2. The molecule has 3 N–H and O–H groups in total. The van der Waals surface area contributed by atoms with Crippen LogP contribution in [0.5, 0.6) is 0 Å². The molecule has 0 aliphatic carbocycles. The molecule has 0 spiro atoms. The molecule has 7 heteroatoms. The standard InChI is InChI=1S/C23H23N5O2/c24-14-20-21(18-10-8-17(9-11-18)13-16-5-2-1-3-6-16)26-28(22(20)25)19-7-4-12-27(15-19)23(29)30/h1-3,5-6,8-11,19H,4,7,12-13,15,25H2,(H,29,30). The monoisotopic (exact) mass is 401 g/mol. The first-order chi connectivity index (χ1) is 14.6. The Hall–Kier alpha value is -3.79. The summed E-state index contributed by atoms with van der Waals surface area (Å²) in [6, 6.07) is 20.2. The zero-order valence-corrected chi connectivity index (χ0v) is 16.5. The van der Waals surface area contributed by atoms with Crippen molar-refractivity contribution in [3.63, 3.8) is 0 Å². The maximum atomic E-state index is 11.3. The molecule has 2 heterocycles. The maximum Gasteiger partial charge on any atom is 0.407 e. The highest BCUT2D eigenvalue weighted by atomic mass is 16.4. The fourth-order valence-corrected chi connectivity index (χ4v) is 3.98. The Morgan fingerprint density at radius 3 is 2.53 bits per heavy atom. The minimum absolute atomic E-state index is 0.173. The summed E-state index contributed by atoms with van der Waals surface area (Å²) in [6.07, 6.45) is 1.40. The molecule has 1 atom stereocenters. The van der Waals surface area contributed by atoms with E-state index in [2.05, 4.69) is 23.3 Å². The zero-order chi connectivity index (χ0) is 21.1. The summed E-state index contributed by atoms with van der Waals surface area (Å²) in [5.74, 6) is 0.290. The molecule has 0 bridgehead atoms. The smallest absolute Gasteiger partial charge is 0.407 e. The van der Waals surface area contributed by atoms with Gasteiger partial charge in [-0.05, 0) is 30.4 Å². The number of likely N-dealkylation sites (tertiary alicyclic amines) is 1. The third-order valence-electron chi connectivity index (χ3n) is 5.55. The Bertz CT molecular complexity index is 1080. The second-order valence-electron chi connectivity index (χ2n) is 7.55. The molecule has 2 aromatic carbocycles. The molecular weight excluding hydrogens is 378 g/mol. The van der Waals surface area contributed by atoms with Crippen molar-refractivity contribution in [2.45, 2.75) is 25.3 Å². The number of piperidine rings is 1. The van der Waals surface area contributed by atoms with Crippen molar-refractivity contribution < 1.29 is 9.90 Å². The Morgan fingerprint density at radius 2 is 1.87 bits per heavy atom. The molecule has 1 saturated heterocycles. The van der Waals surface area contributed by atoms with Gasteiger partial charge in [0.1, 0.15) is 23.1 Å². The summed E-state index contributed by atoms with van der Waals surface area (Å²) < 4.78 is 1.63. The zero-order valence-electron chi connectivity index (χ0n) is 16.5. The van der Waals surface area contributed by atoms with Crippen LogP contribution in [0.3, 0.4) is 0 Å². The lowest BCUT2D eigenvalue weighted by Crippen LogP contribution is -2.40. The molecule has 7 nitrogen and oxygen atoms in total. The van der Waals surface area contributed by atoms with Crippen LogP contribution in [0.15, 0.2) is 54.6 Å². The van der Waals surface area contributed by atoms with Crippen LogP contribution in [0.25, 0.3) is 11.3 Å². The predicted molar refractivity (Wildman–Crippen MR) is 114 cm³/mol. The van der Waals surface area contributed by atoms with Gasteiger partial charge in [-0.25, -0.2) is 9.48 Å². The van der Waals surface area contributed by atoms with Crippen molar-refractivity contribution in [1.82, 2.24) is 14.7 Å². The molecule has 0 saturated carbocycles. The van der Waals surface area contributed by atoms with Gasteiger partial charge in [-0.1, -0.05) is 54.6 Å². The Labute approximate surface area is 175 Å². The summed E-state index contributed by atoms with van der Waals surface area (Å²) in [7, 11) is 0. The van der Waals surface area contributed by atoms with E-state index in [-0.39, 0.29) is 11.9 Å². The molecule has 0 radical (unpaired) electrons. The van der Waals surface area contributed by atoms with E-state index in [1.165, 1.54) is 16.0 Å². The van der Waals surface area contributed by atoms with Gasteiger partial charge >= 0.3 is 6.09 Å². The molecule has 1 aliphatic heterocycles. The normalized spacial score (nSPS) is 16.2. The number of aromatic nitrogens is 2. The SMILES string of the molecule is N#Cc1c(-c2ccc(Cc3ccccc3)cc2)nn(C2CCCN(C(=O)O)C2)c1N. The molecule has 1 amide bonds. The van der Waals surface area contributed by atoms with Gasteiger partial charge in [0.05, 0.1) is 6.04 Å². The number of nitrogen functional groups attached to an aromatic ring is 1. The third kappa shape index (κ3) is 3.85. The molecule has 1 aromatic heterocycles. The van der Waals surface area contributed by atoms with Crippen molar-refractivity contribution in [2.24, 2.45) is 0 Å². The fourth-order valence-electron chi connectivity index (χ4n) is 3.98. The summed E-state index contributed by atoms with van der Waals surface area (Å²) in [6.45, 7) is 0.829. The minimum Gasteiger partial charge on any atom is -0.465 e. The number of carbonyl (C=O) groups is 1. The highest BCUT2D eigenvalue weighted by Crippen LogP contribution is 2.32. The van der Waals surface area contributed by atoms with Gasteiger partial charge in [-0.2, -0.15) is 10.4 Å². The number of nitrogens with two attached hydrogens (primary N) is 1. The molecule has 4 rings (SSSR count). The van der Waals surface area contributed by atoms with Gasteiger partial charge in [0.2, 0.25) is 0 Å². The first-order valence-corrected chi connectivity index (χ1v) is 9.96. The topological polar surface area (TPSA) is 108 Å². The number of anilines is 1. The molecular formula is C23H23N5O2. The van der Waals surface area contributed by atoms with Crippen LogP contribution in [-0.2, 0) is 6.42 Å². The van der Waals surface area contributed by atoms with Crippen LogP contribution in [0.4, 0.5) is 10.6 Å². The first kappa shape index (κ1) is 19.5. The number of amides is 1. The average molecular weight is 401 g/mol. The maximum absolute atomic E-state index is 11.3. The lowest BCUT2D eigenvalue weighted by Gasteiger charge is -2.31. The van der Waals surface area contributed by atoms with Gasteiger partial charge in [-0.3, -0.25) is 0 Å². The van der Waals surface area contributed by atoms with Crippen molar-refractivity contribution in [3.05, 3.63) is 71.3 Å². The molecule has 1 aliphatic rings. The average Bonchev–Trinajstić information content (AvgIpc) is 3.11. The van der Waals surface area contributed by atoms with Crippen LogP contribution < -0.4 is 5.73 Å². The lowest BCUT2D eigenvalue weighted by molar-refractivity contribution is 0.120. The molecule has 30 heavy (non-hydrogen) atoms. The molecule has 3 aromatic rings. The van der Waals surface area contributed by atoms with Crippen LogP contribution in [0.1, 0.15) is 35.6 Å². The number of nitriles is 1. The van der Waals surface area contributed by atoms with E-state index in [0.717, 1.165) is 24.8 Å². The van der Waals surface area contributed by atoms with Crippen molar-refractivity contribution >= 4 is 11.9 Å². The number of carboxylic acid groups (broad SMARTS) is 1. The number of rotatable bonds is 4. The number of benzene rings is 2. The van der Waals surface area contributed by atoms with E-state index in [4.69, 9.17) is 5.73 Å². The number of nitrogens with zero attached hydrogens (tertiary/aromatic N) is 4. The van der Waals surface area contributed by atoms with E-state index in [1.807, 2.05) is 42.5 Å². The lowest BCUT2D eigenvalue weighted by atomic mass is 10.0. The van der Waals surface area contributed by atoms with E-state index in [1.54, 1.807) is 4.68 Å². The van der Waals surface area contributed by atoms with Gasteiger partial charge in [0.15, 0.2) is 0 Å². The highest BCUT2D eigenvalue weighted by Gasteiger charge is 2.28. The third-order valence-corrected chi connectivity index (χ3v) is 5.55. The first-order valence-electron chi connectivity index (χ1n) is 9.96. The molecule has 152 valence electrons. The molecule has 1 unspecified atom stereocenters. The van der Waals surface area contributed by atoms with Crippen LogP contribution in [0, 0.1) is 11.3 Å². The van der Waals surface area contributed by atoms with Gasteiger partial charge in [0.25, 0.3) is 0 Å². The van der Waals surface area contributed by atoms with Crippen LogP contribution in [0.2, 0.25) is 0 Å². The van der Waals surface area contributed by atoms with E-state index >= 15 is 0 Å². The second kappa shape index (κ2) is 8.29. The molecule has 1 fully saturated rings. The van der Waals surface area contributed by atoms with Gasteiger partial charge in [0, 0.05) is 18.7 Å². The Kier molecular flexibility index (Phi) is 5.40. The summed E-state index contributed by atoms with van der Waals surface area (Å²) in [4.78, 5) is 12.7. The number of hydrogen-bond acceptors (Lipinski definition) is 4. The Morgan fingerprint density at radius 1 is 1.17 bits per heavy atom. The fraction of sp³-hybridized carbons (Fsp3) is 0.261. The van der Waals surface area contributed by atoms with Crippen molar-refractivity contribution in [1.29, 1.82) is 5.26 Å². The summed E-state index contributed by atoms with van der Waals surface area (Å²) in [5, 5.41) is 23.6. The predicted octanol–water partition coefficient (Wildman–Crippen LogP) is 3.91. The summed E-state index contributed by atoms with van der Waals surface area (Å²) >= 11 is 0. The summed E-state index contributed by atoms with van der Waals surface area (Å²) in [5.41, 5.74) is 10.3. The quantitative estimate of drug-likeness (QED) is 0.689.